The van der Waals surface area contributed by atoms with Crippen molar-refractivity contribution in [3.63, 3.8) is 0 Å². The summed E-state index contributed by atoms with van der Waals surface area (Å²) >= 11 is 0. The smallest absolute Gasteiger partial charge is 0.136 e. The number of rotatable bonds is 6. The maximum atomic E-state index is 5.39. The lowest BCUT2D eigenvalue weighted by Crippen LogP contribution is -2.19. The van der Waals surface area contributed by atoms with E-state index in [2.05, 4.69) is 22.1 Å². The fourth-order valence-corrected chi connectivity index (χ4v) is 2.16. The summed E-state index contributed by atoms with van der Waals surface area (Å²) < 4.78 is 5.39. The molecular weight excluding hydrogens is 252 g/mol. The summed E-state index contributed by atoms with van der Waals surface area (Å²) in [6, 6.07) is 5.88. The Morgan fingerprint density at radius 2 is 2.25 bits per heavy atom. The zero-order valence-corrected chi connectivity index (χ0v) is 12.0. The van der Waals surface area contributed by atoms with Crippen molar-refractivity contribution in [1.82, 2.24) is 9.97 Å². The number of anilines is 2. The van der Waals surface area contributed by atoms with Gasteiger partial charge in [-0.1, -0.05) is 0 Å². The molecule has 0 amide bonds. The molecule has 0 atom stereocenters. The van der Waals surface area contributed by atoms with Crippen LogP contribution in [-0.4, -0.2) is 23.6 Å². The van der Waals surface area contributed by atoms with Gasteiger partial charge in [0.1, 0.15) is 23.2 Å². The molecule has 0 saturated heterocycles. The van der Waals surface area contributed by atoms with E-state index in [1.165, 1.54) is 12.8 Å². The van der Waals surface area contributed by atoms with Crippen molar-refractivity contribution in [2.45, 2.75) is 32.2 Å². The highest BCUT2D eigenvalue weighted by atomic mass is 16.3. The average molecular weight is 272 g/mol. The molecule has 1 N–H and O–H groups in total. The Balaban J connectivity index is 1.82. The van der Waals surface area contributed by atoms with Crippen LogP contribution in [0.5, 0.6) is 0 Å². The Bertz CT molecular complexity index is 563. The second kappa shape index (κ2) is 5.53. The van der Waals surface area contributed by atoms with Crippen molar-refractivity contribution in [2.24, 2.45) is 0 Å². The third-order valence-corrected chi connectivity index (χ3v) is 3.39. The number of hydrogen-bond donors (Lipinski definition) is 1. The Kier molecular flexibility index (Phi) is 3.58. The lowest BCUT2D eigenvalue weighted by atomic mass is 10.3. The quantitative estimate of drug-likeness (QED) is 0.876. The largest absolute Gasteiger partial charge is 0.467 e. The SMILES string of the molecule is CCNc1cc(N(C)Cc2ccco2)nc(C2CC2)n1. The van der Waals surface area contributed by atoms with Gasteiger partial charge < -0.3 is 14.6 Å². The van der Waals surface area contributed by atoms with Crippen molar-refractivity contribution in [3.8, 4) is 0 Å². The Morgan fingerprint density at radius 1 is 1.40 bits per heavy atom. The van der Waals surface area contributed by atoms with Crippen LogP contribution in [-0.2, 0) is 6.54 Å². The molecular formula is C15H20N4O. The van der Waals surface area contributed by atoms with Crippen molar-refractivity contribution in [2.75, 3.05) is 23.8 Å². The number of nitrogens with one attached hydrogen (secondary N) is 1. The number of aromatic nitrogens is 2. The number of hydrogen-bond acceptors (Lipinski definition) is 5. The van der Waals surface area contributed by atoms with Crippen LogP contribution in [0, 0.1) is 0 Å². The van der Waals surface area contributed by atoms with Crippen LogP contribution >= 0.6 is 0 Å². The minimum Gasteiger partial charge on any atom is -0.467 e. The lowest BCUT2D eigenvalue weighted by molar-refractivity contribution is 0.506. The van der Waals surface area contributed by atoms with Gasteiger partial charge in [-0.15, -0.1) is 0 Å². The molecule has 3 rings (SSSR count). The second-order valence-electron chi connectivity index (χ2n) is 5.21. The zero-order valence-electron chi connectivity index (χ0n) is 12.0. The summed E-state index contributed by atoms with van der Waals surface area (Å²) in [5, 5.41) is 3.28. The van der Waals surface area contributed by atoms with Crippen molar-refractivity contribution in [1.29, 1.82) is 0 Å². The molecule has 2 aromatic heterocycles. The highest BCUT2D eigenvalue weighted by Gasteiger charge is 2.27. The standard InChI is InChI=1S/C15H20N4O/c1-3-16-13-9-14(18-15(17-13)11-6-7-11)19(2)10-12-5-4-8-20-12/h4-5,8-9,11H,3,6-7,10H2,1-2H3,(H,16,17,18). The maximum Gasteiger partial charge on any atom is 0.136 e. The van der Waals surface area contributed by atoms with E-state index in [1.54, 1.807) is 6.26 Å². The van der Waals surface area contributed by atoms with E-state index in [9.17, 15) is 0 Å². The highest BCUT2D eigenvalue weighted by molar-refractivity contribution is 5.49. The molecule has 2 aromatic rings. The predicted molar refractivity (Wildman–Crippen MR) is 79.0 cm³/mol. The Hall–Kier alpha value is -2.04. The van der Waals surface area contributed by atoms with Crippen LogP contribution in [0.25, 0.3) is 0 Å². The summed E-state index contributed by atoms with van der Waals surface area (Å²) in [5.74, 6) is 4.29. The van der Waals surface area contributed by atoms with Gasteiger partial charge in [-0.3, -0.25) is 0 Å². The van der Waals surface area contributed by atoms with E-state index in [-0.39, 0.29) is 0 Å². The van der Waals surface area contributed by atoms with Gasteiger partial charge in [-0.25, -0.2) is 9.97 Å². The third-order valence-electron chi connectivity index (χ3n) is 3.39. The van der Waals surface area contributed by atoms with Gasteiger partial charge in [0, 0.05) is 25.6 Å². The third kappa shape index (κ3) is 2.92. The average Bonchev–Trinajstić information content (AvgIpc) is 3.18. The fraction of sp³-hybridized carbons (Fsp3) is 0.467. The van der Waals surface area contributed by atoms with Crippen LogP contribution in [0.15, 0.2) is 28.9 Å². The molecule has 0 aromatic carbocycles. The first-order valence-electron chi connectivity index (χ1n) is 7.12. The second-order valence-corrected chi connectivity index (χ2v) is 5.21. The molecule has 106 valence electrons. The monoisotopic (exact) mass is 272 g/mol. The number of furan rings is 1. The van der Waals surface area contributed by atoms with Crippen LogP contribution in [0.3, 0.4) is 0 Å². The van der Waals surface area contributed by atoms with Crippen molar-refractivity contribution < 1.29 is 4.42 Å². The van der Waals surface area contributed by atoms with Gasteiger partial charge in [0.2, 0.25) is 0 Å². The molecule has 0 bridgehead atoms. The molecule has 5 nitrogen and oxygen atoms in total. The molecule has 1 fully saturated rings. The minimum atomic E-state index is 0.546. The van der Waals surface area contributed by atoms with E-state index in [0.717, 1.165) is 29.8 Å². The molecule has 0 aliphatic heterocycles. The Labute approximate surface area is 119 Å². The molecule has 0 spiro atoms. The normalized spacial score (nSPS) is 14.3. The first kappa shape index (κ1) is 13.0. The van der Waals surface area contributed by atoms with E-state index >= 15 is 0 Å². The van der Waals surface area contributed by atoms with Crippen LogP contribution in [0.4, 0.5) is 11.6 Å². The van der Waals surface area contributed by atoms with Crippen LogP contribution < -0.4 is 10.2 Å². The van der Waals surface area contributed by atoms with Gasteiger partial charge in [-0.05, 0) is 31.9 Å². The van der Waals surface area contributed by atoms with E-state index in [0.29, 0.717) is 12.5 Å². The van der Waals surface area contributed by atoms with E-state index in [4.69, 9.17) is 9.40 Å². The van der Waals surface area contributed by atoms with Crippen molar-refractivity contribution in [3.05, 3.63) is 36.0 Å². The molecule has 2 heterocycles. The fourth-order valence-electron chi connectivity index (χ4n) is 2.16. The van der Waals surface area contributed by atoms with Gasteiger partial charge in [0.25, 0.3) is 0 Å². The van der Waals surface area contributed by atoms with Gasteiger partial charge in [-0.2, -0.15) is 0 Å². The predicted octanol–water partition coefficient (Wildman–Crippen LogP) is 3.02. The first-order valence-corrected chi connectivity index (χ1v) is 7.12. The highest BCUT2D eigenvalue weighted by Crippen LogP contribution is 2.39. The molecule has 0 radical (unpaired) electrons. The zero-order chi connectivity index (χ0) is 13.9. The topological polar surface area (TPSA) is 54.2 Å². The maximum absolute atomic E-state index is 5.39. The molecule has 1 aliphatic rings. The molecule has 1 aliphatic carbocycles. The summed E-state index contributed by atoms with van der Waals surface area (Å²) in [4.78, 5) is 11.4. The molecule has 1 saturated carbocycles. The number of nitrogens with zero attached hydrogens (tertiary/aromatic N) is 3. The summed E-state index contributed by atoms with van der Waals surface area (Å²) in [6.45, 7) is 3.65. The van der Waals surface area contributed by atoms with Gasteiger partial charge in [0.05, 0.1) is 12.8 Å². The van der Waals surface area contributed by atoms with Crippen molar-refractivity contribution >= 4 is 11.6 Å². The van der Waals surface area contributed by atoms with E-state index in [1.807, 2.05) is 25.2 Å². The molecule has 5 heteroatoms. The Morgan fingerprint density at radius 3 is 2.90 bits per heavy atom. The lowest BCUT2D eigenvalue weighted by Gasteiger charge is -2.18. The van der Waals surface area contributed by atoms with E-state index < -0.39 is 0 Å². The minimum absolute atomic E-state index is 0.546. The summed E-state index contributed by atoms with van der Waals surface area (Å²) in [5.41, 5.74) is 0. The van der Waals surface area contributed by atoms with Crippen LogP contribution in [0.2, 0.25) is 0 Å². The van der Waals surface area contributed by atoms with Gasteiger partial charge in [0.15, 0.2) is 0 Å². The molecule has 0 unspecified atom stereocenters. The van der Waals surface area contributed by atoms with Crippen LogP contribution in [0.1, 0.15) is 37.3 Å². The van der Waals surface area contributed by atoms with Gasteiger partial charge >= 0.3 is 0 Å². The summed E-state index contributed by atoms with van der Waals surface area (Å²) in [6.07, 6.45) is 4.11. The molecule has 20 heavy (non-hydrogen) atoms. The summed E-state index contributed by atoms with van der Waals surface area (Å²) in [7, 11) is 2.03. The first-order chi connectivity index (χ1) is 9.76.